The highest BCUT2D eigenvalue weighted by Crippen LogP contribution is 2.26. The first-order chi connectivity index (χ1) is 13.7. The summed E-state index contributed by atoms with van der Waals surface area (Å²) in [6.45, 7) is 2.38. The Balaban J connectivity index is 1.52. The maximum Gasteiger partial charge on any atom is 0.255 e. The van der Waals surface area contributed by atoms with E-state index in [9.17, 15) is 9.59 Å². The van der Waals surface area contributed by atoms with Gasteiger partial charge in [0.15, 0.2) is 0 Å². The Bertz CT molecular complexity index is 798. The van der Waals surface area contributed by atoms with Gasteiger partial charge in [0.1, 0.15) is 11.5 Å². The molecule has 0 unspecified atom stereocenters. The Morgan fingerprint density at radius 2 is 1.75 bits per heavy atom. The first-order valence-electron chi connectivity index (χ1n) is 9.72. The molecule has 0 bridgehead atoms. The number of hydrogen-bond donors (Lipinski definition) is 2. The molecule has 0 heterocycles. The van der Waals surface area contributed by atoms with Crippen LogP contribution in [0.4, 0.5) is 5.69 Å². The van der Waals surface area contributed by atoms with E-state index in [1.807, 2.05) is 13.0 Å². The molecule has 3 rings (SSSR count). The van der Waals surface area contributed by atoms with E-state index in [4.69, 9.17) is 9.47 Å². The number of anilines is 1. The summed E-state index contributed by atoms with van der Waals surface area (Å²) in [7, 11) is 0. The van der Waals surface area contributed by atoms with Gasteiger partial charge in [-0.25, -0.2) is 0 Å². The number of rotatable bonds is 8. The Labute approximate surface area is 165 Å². The molecule has 1 fully saturated rings. The molecule has 2 aromatic rings. The highest BCUT2D eigenvalue weighted by molar-refractivity contribution is 6.00. The minimum atomic E-state index is -0.324. The van der Waals surface area contributed by atoms with Crippen LogP contribution in [0.2, 0.25) is 0 Å². The van der Waals surface area contributed by atoms with Gasteiger partial charge in [0.25, 0.3) is 5.91 Å². The molecular weight excluding hydrogens is 356 g/mol. The maximum atomic E-state index is 12.5. The van der Waals surface area contributed by atoms with Crippen molar-refractivity contribution in [2.75, 3.05) is 18.5 Å². The maximum absolute atomic E-state index is 12.5. The molecule has 0 aromatic heterocycles. The van der Waals surface area contributed by atoms with E-state index in [0.717, 1.165) is 31.4 Å². The zero-order valence-electron chi connectivity index (χ0n) is 16.1. The molecule has 1 aliphatic carbocycles. The molecule has 0 radical (unpaired) electrons. The second kappa shape index (κ2) is 9.78. The van der Waals surface area contributed by atoms with E-state index >= 15 is 0 Å². The van der Waals surface area contributed by atoms with Crippen molar-refractivity contribution in [2.24, 2.45) is 0 Å². The van der Waals surface area contributed by atoms with Gasteiger partial charge in [-0.05, 0) is 69.0 Å². The summed E-state index contributed by atoms with van der Waals surface area (Å²) in [6.07, 6.45) is 4.51. The van der Waals surface area contributed by atoms with Gasteiger partial charge in [0.2, 0.25) is 5.91 Å². The first kappa shape index (κ1) is 19.7. The quantitative estimate of drug-likeness (QED) is 0.729. The molecule has 1 saturated carbocycles. The molecule has 1 aliphatic rings. The fraction of sp³-hybridized carbons (Fsp3) is 0.364. The number of hydrogen-bond acceptors (Lipinski definition) is 4. The van der Waals surface area contributed by atoms with Crippen LogP contribution in [0.15, 0.2) is 48.5 Å². The lowest BCUT2D eigenvalue weighted by atomic mass is 10.2. The Morgan fingerprint density at radius 1 is 1.04 bits per heavy atom. The van der Waals surface area contributed by atoms with Crippen molar-refractivity contribution in [3.8, 4) is 11.5 Å². The number of amides is 2. The van der Waals surface area contributed by atoms with Crippen molar-refractivity contribution in [3.05, 3.63) is 54.1 Å². The summed E-state index contributed by atoms with van der Waals surface area (Å²) in [5, 5.41) is 5.41. The van der Waals surface area contributed by atoms with E-state index in [0.29, 0.717) is 23.6 Å². The summed E-state index contributed by atoms with van der Waals surface area (Å²) < 4.78 is 11.4. The van der Waals surface area contributed by atoms with Crippen molar-refractivity contribution in [3.63, 3.8) is 0 Å². The predicted molar refractivity (Wildman–Crippen MR) is 108 cm³/mol. The summed E-state index contributed by atoms with van der Waals surface area (Å²) in [5.41, 5.74) is 1.09. The predicted octanol–water partition coefficient (Wildman–Crippen LogP) is 3.78. The number of carbonyl (C=O) groups is 2. The van der Waals surface area contributed by atoms with Gasteiger partial charge in [-0.1, -0.05) is 12.1 Å². The van der Waals surface area contributed by atoms with Crippen LogP contribution in [0.5, 0.6) is 11.5 Å². The van der Waals surface area contributed by atoms with E-state index in [2.05, 4.69) is 10.6 Å². The number of benzene rings is 2. The average molecular weight is 382 g/mol. The van der Waals surface area contributed by atoms with E-state index in [-0.39, 0.29) is 24.5 Å². The minimum absolute atomic E-state index is 0.121. The fourth-order valence-corrected chi connectivity index (χ4v) is 3.20. The van der Waals surface area contributed by atoms with Gasteiger partial charge in [0.05, 0.1) is 24.8 Å². The first-order valence-corrected chi connectivity index (χ1v) is 9.72. The molecule has 2 aromatic carbocycles. The minimum Gasteiger partial charge on any atom is -0.494 e. The molecule has 2 amide bonds. The fourth-order valence-electron chi connectivity index (χ4n) is 3.20. The molecule has 0 aliphatic heterocycles. The summed E-state index contributed by atoms with van der Waals surface area (Å²) in [5.74, 6) is 0.689. The molecule has 148 valence electrons. The largest absolute Gasteiger partial charge is 0.494 e. The zero-order valence-corrected chi connectivity index (χ0v) is 16.1. The van der Waals surface area contributed by atoms with Gasteiger partial charge in [-0.2, -0.15) is 0 Å². The summed E-state index contributed by atoms with van der Waals surface area (Å²) >= 11 is 0. The smallest absolute Gasteiger partial charge is 0.255 e. The van der Waals surface area contributed by atoms with Crippen LogP contribution >= 0.6 is 0 Å². The highest BCUT2D eigenvalue weighted by Gasteiger charge is 2.20. The van der Waals surface area contributed by atoms with Crippen molar-refractivity contribution < 1.29 is 19.1 Å². The third-order valence-electron chi connectivity index (χ3n) is 4.59. The van der Waals surface area contributed by atoms with Crippen LogP contribution < -0.4 is 20.1 Å². The standard InChI is InChI=1S/C22H26N2O4/c1-2-27-17-13-11-16(12-14-17)24-21(25)15-23-22(26)19-9-5-6-10-20(19)28-18-7-3-4-8-18/h5-6,9-14,18H,2-4,7-8,15H2,1H3,(H,23,26)(H,24,25). The van der Waals surface area contributed by atoms with Crippen molar-refractivity contribution in [1.82, 2.24) is 5.32 Å². The number of nitrogens with one attached hydrogen (secondary N) is 2. The zero-order chi connectivity index (χ0) is 19.8. The molecule has 0 saturated heterocycles. The lowest BCUT2D eigenvalue weighted by Gasteiger charge is -2.16. The lowest BCUT2D eigenvalue weighted by Crippen LogP contribution is -2.33. The number of para-hydroxylation sites is 1. The second-order valence-electron chi connectivity index (χ2n) is 6.71. The van der Waals surface area contributed by atoms with Crippen LogP contribution in [-0.2, 0) is 4.79 Å². The van der Waals surface area contributed by atoms with Crippen molar-refractivity contribution >= 4 is 17.5 Å². The summed E-state index contributed by atoms with van der Waals surface area (Å²) in [6, 6.07) is 14.2. The normalized spacial score (nSPS) is 13.8. The van der Waals surface area contributed by atoms with E-state index in [1.54, 1.807) is 42.5 Å². The van der Waals surface area contributed by atoms with Gasteiger partial charge >= 0.3 is 0 Å². The number of ether oxygens (including phenoxy) is 2. The molecule has 0 spiro atoms. The van der Waals surface area contributed by atoms with Gasteiger partial charge < -0.3 is 20.1 Å². The summed E-state index contributed by atoms with van der Waals surface area (Å²) in [4.78, 5) is 24.7. The lowest BCUT2D eigenvalue weighted by molar-refractivity contribution is -0.115. The molecular formula is C22H26N2O4. The average Bonchev–Trinajstić information content (AvgIpc) is 3.21. The molecule has 2 N–H and O–H groups in total. The van der Waals surface area contributed by atoms with Crippen LogP contribution in [0.25, 0.3) is 0 Å². The van der Waals surface area contributed by atoms with Crippen LogP contribution in [0, 0.1) is 0 Å². The third-order valence-corrected chi connectivity index (χ3v) is 4.59. The Kier molecular flexibility index (Phi) is 6.89. The SMILES string of the molecule is CCOc1ccc(NC(=O)CNC(=O)c2ccccc2OC2CCCC2)cc1. The van der Waals surface area contributed by atoms with Crippen molar-refractivity contribution in [2.45, 2.75) is 38.7 Å². The topological polar surface area (TPSA) is 76.7 Å². The van der Waals surface area contributed by atoms with Crippen LogP contribution in [0.1, 0.15) is 43.0 Å². The second-order valence-corrected chi connectivity index (χ2v) is 6.71. The van der Waals surface area contributed by atoms with Crippen LogP contribution in [-0.4, -0.2) is 31.1 Å². The monoisotopic (exact) mass is 382 g/mol. The molecule has 6 heteroatoms. The van der Waals surface area contributed by atoms with Gasteiger partial charge in [0, 0.05) is 5.69 Å². The molecule has 28 heavy (non-hydrogen) atoms. The third kappa shape index (κ3) is 5.49. The van der Waals surface area contributed by atoms with Gasteiger partial charge in [-0.15, -0.1) is 0 Å². The van der Waals surface area contributed by atoms with Crippen molar-refractivity contribution in [1.29, 1.82) is 0 Å². The molecule has 0 atom stereocenters. The number of carbonyl (C=O) groups excluding carboxylic acids is 2. The Morgan fingerprint density at radius 3 is 2.46 bits per heavy atom. The molecule has 6 nitrogen and oxygen atoms in total. The van der Waals surface area contributed by atoms with E-state index in [1.165, 1.54) is 0 Å². The van der Waals surface area contributed by atoms with E-state index < -0.39 is 0 Å². The van der Waals surface area contributed by atoms with Gasteiger partial charge in [-0.3, -0.25) is 9.59 Å². The van der Waals surface area contributed by atoms with Crippen LogP contribution in [0.3, 0.4) is 0 Å². The highest BCUT2D eigenvalue weighted by atomic mass is 16.5. The Hall–Kier alpha value is -3.02.